The Morgan fingerprint density at radius 3 is 2.42 bits per heavy atom. The summed E-state index contributed by atoms with van der Waals surface area (Å²) < 4.78 is 40.1. The van der Waals surface area contributed by atoms with Crippen molar-refractivity contribution in [2.45, 2.75) is 38.8 Å². The highest BCUT2D eigenvalue weighted by Crippen LogP contribution is 2.23. The summed E-state index contributed by atoms with van der Waals surface area (Å²) in [5.74, 6) is 0.403. The minimum absolute atomic E-state index is 0.197. The zero-order chi connectivity index (χ0) is 17.6. The number of nitrogens with one attached hydrogen (secondary N) is 1. The van der Waals surface area contributed by atoms with E-state index in [4.69, 9.17) is 0 Å². The van der Waals surface area contributed by atoms with Crippen LogP contribution in [0.2, 0.25) is 0 Å². The number of ether oxygens (including phenoxy) is 1. The fourth-order valence-electron chi connectivity index (χ4n) is 2.98. The average Bonchev–Trinajstić information content (AvgIpc) is 2.49. The fraction of sp³-hybridized carbons (Fsp3) is 0.647. The molecule has 0 radical (unpaired) electrons. The van der Waals surface area contributed by atoms with E-state index in [0.29, 0.717) is 12.5 Å². The van der Waals surface area contributed by atoms with Gasteiger partial charge in [0.25, 0.3) is 0 Å². The number of aliphatic hydroxyl groups excluding tert-OH is 1. The van der Waals surface area contributed by atoms with Crippen LogP contribution in [-0.2, 0) is 6.54 Å². The number of piperidine rings is 1. The van der Waals surface area contributed by atoms with Crippen LogP contribution >= 0.6 is 0 Å². The van der Waals surface area contributed by atoms with Crippen LogP contribution in [0.5, 0.6) is 5.75 Å². The molecule has 1 aromatic carbocycles. The van der Waals surface area contributed by atoms with Gasteiger partial charge in [0.05, 0.1) is 6.10 Å². The second-order valence-electron chi connectivity index (χ2n) is 6.42. The first-order valence-electron chi connectivity index (χ1n) is 8.27. The first-order valence-corrected chi connectivity index (χ1v) is 8.27. The van der Waals surface area contributed by atoms with Crippen molar-refractivity contribution in [1.29, 1.82) is 0 Å². The highest BCUT2D eigenvalue weighted by Gasteiger charge is 2.30. The molecule has 7 heteroatoms. The van der Waals surface area contributed by atoms with E-state index < -0.39 is 6.36 Å². The molecular formula is C17H25F3N2O2. The molecule has 0 aliphatic carbocycles. The number of β-amino-alcohol motifs (C(OH)–C–C–N with tert-alkyl or cyclic N) is 1. The highest BCUT2D eigenvalue weighted by molar-refractivity contribution is 5.27. The maximum Gasteiger partial charge on any atom is 0.573 e. The van der Waals surface area contributed by atoms with Crippen molar-refractivity contribution in [3.63, 3.8) is 0 Å². The standard InChI is InChI=1S/C17H25F3N2O2/c1-13(23)12-22-8-6-15(7-9-22)11-21-10-14-2-4-16(5-3-14)24-17(18,19)20/h2-5,13,15,21,23H,6-12H2,1H3/t13-/m0/s1. The number of aliphatic hydroxyl groups is 1. The van der Waals surface area contributed by atoms with Gasteiger partial charge in [-0.3, -0.25) is 0 Å². The van der Waals surface area contributed by atoms with Gasteiger partial charge in [-0.15, -0.1) is 13.2 Å². The molecule has 4 nitrogen and oxygen atoms in total. The number of alkyl halides is 3. The number of benzene rings is 1. The molecule has 1 aliphatic heterocycles. The molecule has 0 unspecified atom stereocenters. The third kappa shape index (κ3) is 7.07. The van der Waals surface area contributed by atoms with Gasteiger partial charge >= 0.3 is 6.36 Å². The molecule has 0 saturated carbocycles. The summed E-state index contributed by atoms with van der Waals surface area (Å²) in [6.45, 7) is 6.05. The molecule has 1 fully saturated rings. The number of halogens is 3. The largest absolute Gasteiger partial charge is 0.573 e. The molecular weight excluding hydrogens is 321 g/mol. The molecule has 0 bridgehead atoms. The molecule has 2 rings (SSSR count). The van der Waals surface area contributed by atoms with Crippen LogP contribution in [-0.4, -0.2) is 48.7 Å². The van der Waals surface area contributed by atoms with Crippen LogP contribution in [0.25, 0.3) is 0 Å². The average molecular weight is 346 g/mol. The maximum absolute atomic E-state index is 12.1. The van der Waals surface area contributed by atoms with Crippen molar-refractivity contribution < 1.29 is 23.0 Å². The van der Waals surface area contributed by atoms with Gasteiger partial charge < -0.3 is 20.1 Å². The van der Waals surface area contributed by atoms with Gasteiger partial charge in [-0.25, -0.2) is 0 Å². The minimum Gasteiger partial charge on any atom is -0.406 e. The van der Waals surface area contributed by atoms with E-state index in [-0.39, 0.29) is 11.9 Å². The van der Waals surface area contributed by atoms with Crippen LogP contribution < -0.4 is 10.1 Å². The summed E-state index contributed by atoms with van der Waals surface area (Å²) >= 11 is 0. The Hall–Kier alpha value is -1.31. The van der Waals surface area contributed by atoms with Gasteiger partial charge in [0, 0.05) is 13.1 Å². The first kappa shape index (κ1) is 19.0. The lowest BCUT2D eigenvalue weighted by molar-refractivity contribution is -0.274. The monoisotopic (exact) mass is 346 g/mol. The lowest BCUT2D eigenvalue weighted by Crippen LogP contribution is -2.40. The SMILES string of the molecule is C[C@H](O)CN1CCC(CNCc2ccc(OC(F)(F)F)cc2)CC1. The molecule has 24 heavy (non-hydrogen) atoms. The summed E-state index contributed by atoms with van der Waals surface area (Å²) in [7, 11) is 0. The molecule has 2 N–H and O–H groups in total. The Kier molecular flexibility index (Phi) is 6.89. The molecule has 136 valence electrons. The Morgan fingerprint density at radius 2 is 1.88 bits per heavy atom. The van der Waals surface area contributed by atoms with Crippen molar-refractivity contribution in [2.24, 2.45) is 5.92 Å². The third-order valence-electron chi connectivity index (χ3n) is 4.15. The van der Waals surface area contributed by atoms with Crippen LogP contribution in [0, 0.1) is 5.92 Å². The van der Waals surface area contributed by atoms with E-state index in [9.17, 15) is 18.3 Å². The van der Waals surface area contributed by atoms with E-state index in [2.05, 4.69) is 15.0 Å². The Morgan fingerprint density at radius 1 is 1.25 bits per heavy atom. The normalized spacial score (nSPS) is 18.5. The second kappa shape index (κ2) is 8.69. The Labute approximate surface area is 140 Å². The zero-order valence-electron chi connectivity index (χ0n) is 13.9. The zero-order valence-corrected chi connectivity index (χ0v) is 13.9. The number of likely N-dealkylation sites (tertiary alicyclic amines) is 1. The summed E-state index contributed by atoms with van der Waals surface area (Å²) in [6.07, 6.45) is -2.75. The third-order valence-corrected chi connectivity index (χ3v) is 4.15. The first-order chi connectivity index (χ1) is 11.3. The molecule has 1 heterocycles. The summed E-state index contributed by atoms with van der Waals surface area (Å²) in [6, 6.07) is 5.94. The molecule has 1 aromatic rings. The Balaban J connectivity index is 1.66. The van der Waals surface area contributed by atoms with Gasteiger partial charge in [0.2, 0.25) is 0 Å². The lowest BCUT2D eigenvalue weighted by Gasteiger charge is -2.32. The van der Waals surface area contributed by atoms with Crippen LogP contribution in [0.1, 0.15) is 25.3 Å². The van der Waals surface area contributed by atoms with Gasteiger partial charge in [0.15, 0.2) is 0 Å². The minimum atomic E-state index is -4.65. The van der Waals surface area contributed by atoms with E-state index in [1.54, 1.807) is 19.1 Å². The predicted molar refractivity (Wildman–Crippen MR) is 85.7 cm³/mol. The van der Waals surface area contributed by atoms with Crippen molar-refractivity contribution in [1.82, 2.24) is 10.2 Å². The van der Waals surface area contributed by atoms with E-state index in [1.807, 2.05) is 0 Å². The van der Waals surface area contributed by atoms with Crippen LogP contribution in [0.3, 0.4) is 0 Å². The van der Waals surface area contributed by atoms with Crippen LogP contribution in [0.15, 0.2) is 24.3 Å². The smallest absolute Gasteiger partial charge is 0.406 e. The van der Waals surface area contributed by atoms with Crippen molar-refractivity contribution >= 4 is 0 Å². The van der Waals surface area contributed by atoms with Crippen molar-refractivity contribution in [2.75, 3.05) is 26.2 Å². The summed E-state index contributed by atoms with van der Waals surface area (Å²) in [5.41, 5.74) is 0.927. The quantitative estimate of drug-likeness (QED) is 0.797. The number of hydrogen-bond acceptors (Lipinski definition) is 4. The molecule has 1 saturated heterocycles. The van der Waals surface area contributed by atoms with E-state index in [0.717, 1.165) is 44.6 Å². The van der Waals surface area contributed by atoms with Gasteiger partial charge in [-0.1, -0.05) is 12.1 Å². The maximum atomic E-state index is 12.1. The van der Waals surface area contributed by atoms with Gasteiger partial charge in [-0.2, -0.15) is 0 Å². The van der Waals surface area contributed by atoms with Gasteiger partial charge in [0.1, 0.15) is 5.75 Å². The van der Waals surface area contributed by atoms with Gasteiger partial charge in [-0.05, 0) is 63.0 Å². The van der Waals surface area contributed by atoms with Crippen molar-refractivity contribution in [3.8, 4) is 5.75 Å². The Bertz CT molecular complexity index is 484. The van der Waals surface area contributed by atoms with E-state index >= 15 is 0 Å². The number of hydrogen-bond donors (Lipinski definition) is 2. The molecule has 1 aliphatic rings. The van der Waals surface area contributed by atoms with E-state index in [1.165, 1.54) is 12.1 Å². The van der Waals surface area contributed by atoms with Crippen LogP contribution in [0.4, 0.5) is 13.2 Å². The molecule has 0 amide bonds. The molecule has 0 aromatic heterocycles. The predicted octanol–water partition coefficient (Wildman–Crippen LogP) is 2.77. The topological polar surface area (TPSA) is 44.7 Å². The highest BCUT2D eigenvalue weighted by atomic mass is 19.4. The van der Waals surface area contributed by atoms with Crippen molar-refractivity contribution in [3.05, 3.63) is 29.8 Å². The summed E-state index contributed by atoms with van der Waals surface area (Å²) in [4.78, 5) is 2.28. The number of nitrogens with zero attached hydrogens (tertiary/aromatic N) is 1. The molecule has 1 atom stereocenters. The summed E-state index contributed by atoms with van der Waals surface area (Å²) in [5, 5.41) is 12.8. The fourth-order valence-corrected chi connectivity index (χ4v) is 2.98. The second-order valence-corrected chi connectivity index (χ2v) is 6.42. The molecule has 0 spiro atoms. The lowest BCUT2D eigenvalue weighted by atomic mass is 9.96. The number of rotatable bonds is 7.